The van der Waals surface area contributed by atoms with Crippen molar-refractivity contribution in [2.75, 3.05) is 0 Å². The first-order valence-electron chi connectivity index (χ1n) is 8.11. The fourth-order valence-corrected chi connectivity index (χ4v) is 6.10. The summed E-state index contributed by atoms with van der Waals surface area (Å²) in [4.78, 5) is 2.60. The first kappa shape index (κ1) is 14.3. The molecule has 2 heterocycles. The van der Waals surface area contributed by atoms with Crippen LogP contribution in [-0.4, -0.2) is 0 Å². The molecular formula is C22H16S2. The van der Waals surface area contributed by atoms with Gasteiger partial charge in [-0.25, -0.2) is 0 Å². The summed E-state index contributed by atoms with van der Waals surface area (Å²) in [6, 6.07) is 18.0. The number of rotatable bonds is 2. The van der Waals surface area contributed by atoms with Crippen LogP contribution in [-0.2, 0) is 0 Å². The third-order valence-corrected chi connectivity index (χ3v) is 7.24. The molecule has 0 aliphatic carbocycles. The smallest absolute Gasteiger partial charge is 0.0433 e. The molecule has 1 aliphatic rings. The molecule has 0 spiro atoms. The molecule has 1 atom stereocenters. The number of fused-ring (bicyclic) bond motifs is 6. The Morgan fingerprint density at radius 3 is 2.75 bits per heavy atom. The van der Waals surface area contributed by atoms with E-state index in [0.29, 0.717) is 5.92 Å². The molecular weight excluding hydrogens is 328 g/mol. The molecule has 5 rings (SSSR count). The third-order valence-electron chi connectivity index (χ3n) is 4.90. The van der Waals surface area contributed by atoms with Crippen LogP contribution in [0.2, 0.25) is 0 Å². The first-order valence-corrected chi connectivity index (χ1v) is 9.75. The fourth-order valence-electron chi connectivity index (χ4n) is 3.72. The summed E-state index contributed by atoms with van der Waals surface area (Å²) >= 11 is 3.73. The molecule has 1 unspecified atom stereocenters. The molecule has 3 aromatic carbocycles. The molecule has 0 bridgehead atoms. The summed E-state index contributed by atoms with van der Waals surface area (Å²) in [5, 5.41) is 5.43. The van der Waals surface area contributed by atoms with Gasteiger partial charge in [0.15, 0.2) is 0 Å². The van der Waals surface area contributed by atoms with Gasteiger partial charge in [-0.2, -0.15) is 0 Å². The highest BCUT2D eigenvalue weighted by Crippen LogP contribution is 2.51. The van der Waals surface area contributed by atoms with Crippen LogP contribution in [0.15, 0.2) is 77.6 Å². The monoisotopic (exact) mass is 344 g/mol. The maximum atomic E-state index is 4.27. The van der Waals surface area contributed by atoms with Crippen molar-refractivity contribution in [3.8, 4) is 0 Å². The van der Waals surface area contributed by atoms with Gasteiger partial charge in [-0.3, -0.25) is 0 Å². The van der Waals surface area contributed by atoms with Crippen LogP contribution < -0.4 is 0 Å². The predicted molar refractivity (Wildman–Crippen MR) is 109 cm³/mol. The normalized spacial score (nSPS) is 17.0. The Balaban J connectivity index is 1.86. The minimum absolute atomic E-state index is 0.400. The van der Waals surface area contributed by atoms with Gasteiger partial charge in [0, 0.05) is 31.0 Å². The van der Waals surface area contributed by atoms with Crippen LogP contribution in [0.25, 0.3) is 30.9 Å². The molecule has 24 heavy (non-hydrogen) atoms. The van der Waals surface area contributed by atoms with Crippen molar-refractivity contribution in [2.45, 2.75) is 17.2 Å². The molecule has 1 aliphatic heterocycles. The van der Waals surface area contributed by atoms with Gasteiger partial charge in [-0.1, -0.05) is 54.7 Å². The summed E-state index contributed by atoms with van der Waals surface area (Å²) in [6.45, 7) is 8.20. The SMILES string of the molecule is C=CCC1C(=C)Sc2cc3ccc4c5ccccc5sc4c3cc21. The highest BCUT2D eigenvalue weighted by molar-refractivity contribution is 8.03. The number of allylic oxidation sites excluding steroid dienone is 2. The van der Waals surface area contributed by atoms with Gasteiger partial charge in [0.1, 0.15) is 0 Å². The quantitative estimate of drug-likeness (QED) is 0.339. The fraction of sp³-hybridized carbons (Fsp3) is 0.0909. The maximum absolute atomic E-state index is 4.27. The largest absolute Gasteiger partial charge is 0.135 e. The van der Waals surface area contributed by atoms with E-state index in [4.69, 9.17) is 0 Å². The average Bonchev–Trinajstić information content (AvgIpc) is 3.11. The molecule has 4 aromatic rings. The van der Waals surface area contributed by atoms with Crippen LogP contribution in [0, 0.1) is 0 Å². The summed E-state index contributed by atoms with van der Waals surface area (Å²) in [5.74, 6) is 0.400. The second-order valence-corrected chi connectivity index (χ2v) is 8.52. The summed E-state index contributed by atoms with van der Waals surface area (Å²) < 4.78 is 2.76. The Kier molecular flexibility index (Phi) is 3.12. The van der Waals surface area contributed by atoms with Crippen LogP contribution in [0.1, 0.15) is 17.9 Å². The Morgan fingerprint density at radius 1 is 1.00 bits per heavy atom. The summed E-state index contributed by atoms with van der Waals surface area (Å²) in [7, 11) is 0. The molecule has 0 N–H and O–H groups in total. The number of hydrogen-bond acceptors (Lipinski definition) is 2. The standard InChI is InChI=1S/C22H16S2/c1-3-6-15-13(2)23-21-11-14-9-10-17-16-7-4-5-8-20(16)24-22(17)18(14)12-19(15)21/h3-5,7-12,15H,1-2,6H2. The maximum Gasteiger partial charge on any atom is 0.0433 e. The lowest BCUT2D eigenvalue weighted by atomic mass is 9.93. The molecule has 116 valence electrons. The molecule has 1 aromatic heterocycles. The Morgan fingerprint density at radius 2 is 1.88 bits per heavy atom. The highest BCUT2D eigenvalue weighted by Gasteiger charge is 2.26. The van der Waals surface area contributed by atoms with E-state index in [9.17, 15) is 0 Å². The van der Waals surface area contributed by atoms with Crippen molar-refractivity contribution < 1.29 is 0 Å². The van der Waals surface area contributed by atoms with E-state index in [1.54, 1.807) is 0 Å². The predicted octanol–water partition coefficient (Wildman–Crippen LogP) is 7.49. The zero-order valence-electron chi connectivity index (χ0n) is 13.2. The van der Waals surface area contributed by atoms with Crippen LogP contribution in [0.4, 0.5) is 0 Å². The topological polar surface area (TPSA) is 0 Å². The third kappa shape index (κ3) is 1.93. The second kappa shape index (κ2) is 5.23. The van der Waals surface area contributed by atoms with Crippen molar-refractivity contribution in [1.82, 2.24) is 0 Å². The lowest BCUT2D eigenvalue weighted by molar-refractivity contribution is 0.853. The number of benzene rings is 3. The number of thiophene rings is 1. The minimum atomic E-state index is 0.400. The Bertz CT molecular complexity index is 1150. The van der Waals surface area contributed by atoms with E-state index >= 15 is 0 Å². The van der Waals surface area contributed by atoms with Gasteiger partial charge < -0.3 is 0 Å². The van der Waals surface area contributed by atoms with Crippen molar-refractivity contribution in [1.29, 1.82) is 0 Å². The van der Waals surface area contributed by atoms with Gasteiger partial charge in [0.05, 0.1) is 0 Å². The molecule has 0 fully saturated rings. The van der Waals surface area contributed by atoms with E-state index in [1.807, 2.05) is 29.2 Å². The van der Waals surface area contributed by atoms with Gasteiger partial charge in [-0.15, -0.1) is 17.9 Å². The Labute approximate surface area is 149 Å². The van der Waals surface area contributed by atoms with Gasteiger partial charge in [0.2, 0.25) is 0 Å². The van der Waals surface area contributed by atoms with Crippen molar-refractivity contribution >= 4 is 54.0 Å². The highest BCUT2D eigenvalue weighted by atomic mass is 32.2. The van der Waals surface area contributed by atoms with Crippen LogP contribution >= 0.6 is 23.1 Å². The molecule has 2 heteroatoms. The summed E-state index contributed by atoms with van der Waals surface area (Å²) in [6.07, 6.45) is 2.97. The van der Waals surface area contributed by atoms with E-state index in [0.717, 1.165) is 6.42 Å². The molecule has 0 saturated heterocycles. The van der Waals surface area contributed by atoms with E-state index < -0.39 is 0 Å². The van der Waals surface area contributed by atoms with Crippen LogP contribution in [0.3, 0.4) is 0 Å². The molecule has 0 amide bonds. The minimum Gasteiger partial charge on any atom is -0.135 e. The Hall–Kier alpha value is -2.03. The average molecular weight is 345 g/mol. The van der Waals surface area contributed by atoms with E-state index in [-0.39, 0.29) is 0 Å². The van der Waals surface area contributed by atoms with Crippen molar-refractivity contribution in [3.63, 3.8) is 0 Å². The van der Waals surface area contributed by atoms with Crippen molar-refractivity contribution in [3.05, 3.63) is 78.2 Å². The second-order valence-electron chi connectivity index (χ2n) is 6.30. The van der Waals surface area contributed by atoms with E-state index in [1.165, 1.54) is 46.3 Å². The zero-order chi connectivity index (χ0) is 16.3. The first-order chi connectivity index (χ1) is 11.8. The lowest BCUT2D eigenvalue weighted by Crippen LogP contribution is -1.93. The lowest BCUT2D eigenvalue weighted by Gasteiger charge is -2.10. The number of thioether (sulfide) groups is 1. The van der Waals surface area contributed by atoms with E-state index in [2.05, 4.69) is 61.7 Å². The molecule has 0 saturated carbocycles. The van der Waals surface area contributed by atoms with Gasteiger partial charge in [-0.05, 0) is 45.9 Å². The van der Waals surface area contributed by atoms with Gasteiger partial charge in [0.25, 0.3) is 0 Å². The molecule has 0 radical (unpaired) electrons. The van der Waals surface area contributed by atoms with Gasteiger partial charge >= 0.3 is 0 Å². The zero-order valence-corrected chi connectivity index (χ0v) is 14.8. The molecule has 0 nitrogen and oxygen atoms in total. The number of hydrogen-bond donors (Lipinski definition) is 0. The van der Waals surface area contributed by atoms with Crippen molar-refractivity contribution in [2.24, 2.45) is 0 Å². The van der Waals surface area contributed by atoms with Crippen LogP contribution in [0.5, 0.6) is 0 Å². The summed E-state index contributed by atoms with van der Waals surface area (Å²) in [5.41, 5.74) is 1.42.